The fourth-order valence-corrected chi connectivity index (χ4v) is 3.92. The van der Waals surface area contributed by atoms with E-state index in [1.807, 2.05) is 38.1 Å². The first kappa shape index (κ1) is 29.8. The molecular weight excluding hydrogens is 468 g/mol. The highest BCUT2D eigenvalue weighted by molar-refractivity contribution is 7.99. The van der Waals surface area contributed by atoms with Crippen molar-refractivity contribution >= 4 is 47.8 Å². The van der Waals surface area contributed by atoms with Crippen LogP contribution >= 0.6 is 24.4 Å². The van der Waals surface area contributed by atoms with Crippen LogP contribution in [0.1, 0.15) is 63.4 Å². The number of thioether (sulfide) groups is 1. The van der Waals surface area contributed by atoms with Gasteiger partial charge in [0.2, 0.25) is 0 Å². The Morgan fingerprint density at radius 3 is 2.44 bits per heavy atom. The van der Waals surface area contributed by atoms with Crippen LogP contribution in [-0.4, -0.2) is 52.0 Å². The number of hydrogen-bond acceptors (Lipinski definition) is 7. The van der Waals surface area contributed by atoms with Gasteiger partial charge in [-0.25, -0.2) is 9.97 Å². The van der Waals surface area contributed by atoms with Crippen LogP contribution in [0.2, 0.25) is 0 Å². The minimum atomic E-state index is -0.771. The number of aromatic nitrogens is 2. The van der Waals surface area contributed by atoms with Crippen molar-refractivity contribution in [1.82, 2.24) is 9.97 Å². The van der Waals surface area contributed by atoms with E-state index in [2.05, 4.69) is 39.7 Å². The number of nitrogens with one attached hydrogen (secondary N) is 1. The Balaban J connectivity index is 0.00000137. The molecule has 9 heteroatoms. The molecule has 1 aliphatic carbocycles. The number of thiol groups is 1. The highest BCUT2D eigenvalue weighted by Gasteiger charge is 2.25. The van der Waals surface area contributed by atoms with E-state index in [0.717, 1.165) is 41.9 Å². The van der Waals surface area contributed by atoms with E-state index in [1.54, 1.807) is 24.1 Å². The van der Waals surface area contributed by atoms with Crippen molar-refractivity contribution in [3.05, 3.63) is 42.4 Å². The number of carboxylic acids is 1. The average molecular weight is 507 g/mol. The van der Waals surface area contributed by atoms with Gasteiger partial charge in [0.05, 0.1) is 0 Å². The molecule has 0 aliphatic heterocycles. The van der Waals surface area contributed by atoms with Crippen molar-refractivity contribution in [2.75, 3.05) is 35.3 Å². The van der Waals surface area contributed by atoms with E-state index in [0.29, 0.717) is 17.8 Å². The Kier molecular flexibility index (Phi) is 15.1. The first-order valence-corrected chi connectivity index (χ1v) is 13.7. The number of nitrogens with zero attached hydrogens (tertiary/aromatic N) is 3. The van der Waals surface area contributed by atoms with Crippen LogP contribution in [0.3, 0.4) is 0 Å². The molecule has 188 valence electrons. The second kappa shape index (κ2) is 17.2. The molecule has 1 amide bonds. The number of amides is 1. The zero-order chi connectivity index (χ0) is 25.3. The topological polar surface area (TPSA) is 95.4 Å². The number of rotatable bonds is 12. The van der Waals surface area contributed by atoms with E-state index in [4.69, 9.17) is 5.11 Å². The van der Waals surface area contributed by atoms with Gasteiger partial charge in [-0.1, -0.05) is 20.8 Å². The molecule has 0 unspecified atom stereocenters. The fourth-order valence-electron chi connectivity index (χ4n) is 3.07. The molecule has 0 spiro atoms. The fraction of sp³-hybridized carbons (Fsp3) is 0.520. The zero-order valence-corrected chi connectivity index (χ0v) is 22.4. The van der Waals surface area contributed by atoms with Gasteiger partial charge in [0.1, 0.15) is 17.8 Å². The van der Waals surface area contributed by atoms with Gasteiger partial charge in [-0.2, -0.15) is 12.6 Å². The number of carboxylic acid groups (broad SMARTS) is 1. The van der Waals surface area contributed by atoms with E-state index < -0.39 is 5.97 Å². The summed E-state index contributed by atoms with van der Waals surface area (Å²) in [4.78, 5) is 35.0. The van der Waals surface area contributed by atoms with Gasteiger partial charge in [0.15, 0.2) is 0 Å². The largest absolute Gasteiger partial charge is 0.481 e. The summed E-state index contributed by atoms with van der Waals surface area (Å²) in [5.41, 5.74) is 1.04. The average Bonchev–Trinajstić information content (AvgIpc) is 3.69. The normalized spacial score (nSPS) is 11.9. The third kappa shape index (κ3) is 11.2. The van der Waals surface area contributed by atoms with E-state index >= 15 is 0 Å². The van der Waals surface area contributed by atoms with Crippen molar-refractivity contribution in [3.8, 4) is 0 Å². The number of carbonyl (C=O) groups excluding carboxylic acids is 1. The summed E-state index contributed by atoms with van der Waals surface area (Å²) in [7, 11) is 0. The minimum Gasteiger partial charge on any atom is -0.481 e. The Morgan fingerprint density at radius 1 is 1.18 bits per heavy atom. The SMILES string of the molecule is CC.CCCN(CC1CC1)c1cc(C(=O)Nc2ccc(SCCCC(=O)O)cc2)ncn1.CS. The summed E-state index contributed by atoms with van der Waals surface area (Å²) < 4.78 is 0. The van der Waals surface area contributed by atoms with Crippen LogP contribution in [0.5, 0.6) is 0 Å². The summed E-state index contributed by atoms with van der Waals surface area (Å²) >= 11 is 5.13. The van der Waals surface area contributed by atoms with Gasteiger partial charge < -0.3 is 15.3 Å². The van der Waals surface area contributed by atoms with Gasteiger partial charge in [0.25, 0.3) is 5.91 Å². The number of benzene rings is 1. The second-order valence-electron chi connectivity index (χ2n) is 7.48. The van der Waals surface area contributed by atoms with Crippen molar-refractivity contribution in [2.45, 2.75) is 57.8 Å². The minimum absolute atomic E-state index is 0.179. The quantitative estimate of drug-likeness (QED) is 0.188. The molecule has 1 aromatic carbocycles. The Labute approximate surface area is 213 Å². The molecule has 0 atom stereocenters. The molecule has 0 saturated heterocycles. The number of hydrogen-bond donors (Lipinski definition) is 3. The maximum absolute atomic E-state index is 12.7. The predicted molar refractivity (Wildman–Crippen MR) is 146 cm³/mol. The maximum atomic E-state index is 12.7. The van der Waals surface area contributed by atoms with Gasteiger partial charge >= 0.3 is 5.97 Å². The molecule has 3 rings (SSSR count). The molecule has 1 heterocycles. The van der Waals surface area contributed by atoms with Crippen LogP contribution in [0.4, 0.5) is 11.5 Å². The molecular formula is C25H38N4O3S2. The van der Waals surface area contributed by atoms with E-state index in [-0.39, 0.29) is 12.3 Å². The predicted octanol–water partition coefficient (Wildman–Crippen LogP) is 5.88. The van der Waals surface area contributed by atoms with Crippen LogP contribution in [-0.2, 0) is 4.79 Å². The molecule has 1 saturated carbocycles. The van der Waals surface area contributed by atoms with Crippen molar-refractivity contribution < 1.29 is 14.7 Å². The lowest BCUT2D eigenvalue weighted by molar-refractivity contribution is -0.137. The van der Waals surface area contributed by atoms with Crippen molar-refractivity contribution in [1.29, 1.82) is 0 Å². The van der Waals surface area contributed by atoms with E-state index in [1.165, 1.54) is 19.2 Å². The lowest BCUT2D eigenvalue weighted by Gasteiger charge is -2.23. The summed E-state index contributed by atoms with van der Waals surface area (Å²) in [5, 5.41) is 11.6. The van der Waals surface area contributed by atoms with E-state index in [9.17, 15) is 9.59 Å². The van der Waals surface area contributed by atoms with Gasteiger partial charge in [-0.15, -0.1) is 11.8 Å². The lowest BCUT2D eigenvalue weighted by atomic mass is 10.2. The molecule has 2 N–H and O–H groups in total. The van der Waals surface area contributed by atoms with Crippen molar-refractivity contribution in [2.24, 2.45) is 5.92 Å². The summed E-state index contributed by atoms with van der Waals surface area (Å²) in [6, 6.07) is 9.29. The van der Waals surface area contributed by atoms with Gasteiger partial charge in [0, 0.05) is 36.2 Å². The molecule has 7 nitrogen and oxygen atoms in total. The number of carbonyl (C=O) groups is 2. The first-order valence-electron chi connectivity index (χ1n) is 11.8. The Morgan fingerprint density at radius 2 is 1.85 bits per heavy atom. The van der Waals surface area contributed by atoms with Crippen LogP contribution in [0.25, 0.3) is 0 Å². The highest BCUT2D eigenvalue weighted by Crippen LogP contribution is 2.31. The lowest BCUT2D eigenvalue weighted by Crippen LogP contribution is -2.28. The molecule has 1 aromatic heterocycles. The van der Waals surface area contributed by atoms with Crippen LogP contribution in [0, 0.1) is 5.92 Å². The third-order valence-corrected chi connectivity index (χ3v) is 5.89. The van der Waals surface area contributed by atoms with Crippen LogP contribution < -0.4 is 10.2 Å². The molecule has 0 radical (unpaired) electrons. The maximum Gasteiger partial charge on any atom is 0.303 e. The van der Waals surface area contributed by atoms with Gasteiger partial charge in [-0.05, 0) is 67.9 Å². The summed E-state index contributed by atoms with van der Waals surface area (Å²) in [6.45, 7) is 8.04. The molecule has 1 fully saturated rings. The first-order chi connectivity index (χ1) is 16.5. The molecule has 0 bridgehead atoms. The smallest absolute Gasteiger partial charge is 0.303 e. The van der Waals surface area contributed by atoms with Crippen LogP contribution in [0.15, 0.2) is 41.6 Å². The molecule has 1 aliphatic rings. The highest BCUT2D eigenvalue weighted by atomic mass is 32.2. The van der Waals surface area contributed by atoms with Gasteiger partial charge in [-0.3, -0.25) is 9.59 Å². The Bertz CT molecular complexity index is 861. The monoisotopic (exact) mass is 506 g/mol. The molecule has 34 heavy (non-hydrogen) atoms. The summed E-state index contributed by atoms with van der Waals surface area (Å²) in [5.74, 6) is 1.26. The van der Waals surface area contributed by atoms with Crippen molar-refractivity contribution in [3.63, 3.8) is 0 Å². The zero-order valence-electron chi connectivity index (χ0n) is 20.7. The third-order valence-electron chi connectivity index (χ3n) is 4.79. The standard InChI is InChI=1S/C22H28N4O3S.C2H6.CH4S/c1-2-11-26(14-16-5-6-16)20-13-19(23-15-24-20)22(29)25-17-7-9-18(10-8-17)30-12-3-4-21(27)28;2*1-2/h7-10,13,15-16H,2-6,11-12,14H2,1H3,(H,25,29)(H,27,28);1-2H3;2H,1H3. The molecule has 2 aromatic rings. The number of aliphatic carboxylic acids is 1. The second-order valence-corrected chi connectivity index (χ2v) is 8.64. The summed E-state index contributed by atoms with van der Waals surface area (Å²) in [6.07, 6.45) is 7.53. The number of anilines is 2. The Hall–Kier alpha value is -2.26.